The first-order valence-corrected chi connectivity index (χ1v) is 15.0. The minimum atomic E-state index is -4.70. The molecule has 2 amide bonds. The third kappa shape index (κ3) is 6.37. The summed E-state index contributed by atoms with van der Waals surface area (Å²) in [5.41, 5.74) is 1.79. The maximum absolute atomic E-state index is 15.5. The van der Waals surface area contributed by atoms with Crippen molar-refractivity contribution in [2.45, 2.75) is 38.3 Å². The van der Waals surface area contributed by atoms with Crippen LogP contribution in [0.25, 0.3) is 33.2 Å². The van der Waals surface area contributed by atoms with Crippen molar-refractivity contribution in [1.82, 2.24) is 19.4 Å². The average molecular weight is 682 g/mol. The zero-order valence-corrected chi connectivity index (χ0v) is 25.8. The minimum absolute atomic E-state index is 0.149. The number of nitrogens with one attached hydrogen (secondary N) is 1. The Morgan fingerprint density at radius 2 is 1.69 bits per heavy atom. The fraction of sp³-hybridized carbons (Fsp3) is 0.206. The highest BCUT2D eigenvalue weighted by Crippen LogP contribution is 2.34. The molecule has 14 heteroatoms. The molecule has 6 rings (SSSR count). The summed E-state index contributed by atoms with van der Waals surface area (Å²) in [5.74, 6) is -3.77. The van der Waals surface area contributed by atoms with Gasteiger partial charge < -0.3 is 14.8 Å². The molecule has 0 bridgehead atoms. The molecule has 1 unspecified atom stereocenters. The van der Waals surface area contributed by atoms with Crippen LogP contribution in [0, 0.1) is 5.82 Å². The number of likely N-dealkylation sites (tertiary alicyclic amines) is 1. The van der Waals surface area contributed by atoms with Crippen LogP contribution in [0.1, 0.15) is 29.5 Å². The topological polar surface area (TPSA) is 97.2 Å². The van der Waals surface area contributed by atoms with Gasteiger partial charge in [0.2, 0.25) is 17.6 Å². The van der Waals surface area contributed by atoms with Crippen LogP contribution in [0.2, 0.25) is 5.02 Å². The lowest BCUT2D eigenvalue weighted by Gasteiger charge is -2.24. The highest BCUT2D eigenvalue weighted by Gasteiger charge is 2.40. The molecule has 0 aliphatic carbocycles. The fourth-order valence-corrected chi connectivity index (χ4v) is 6.03. The zero-order valence-electron chi connectivity index (χ0n) is 25.1. The lowest BCUT2D eigenvalue weighted by Crippen LogP contribution is -2.44. The molecule has 8 nitrogen and oxygen atoms in total. The second-order valence-electron chi connectivity index (χ2n) is 11.3. The third-order valence-corrected chi connectivity index (χ3v) is 8.43. The molecule has 0 spiro atoms. The molecule has 1 aliphatic rings. The molecule has 2 aromatic heterocycles. The van der Waals surface area contributed by atoms with E-state index in [1.807, 2.05) is 0 Å². The molecule has 3 heterocycles. The number of amides is 2. The normalized spacial score (nSPS) is 16.4. The molecule has 0 radical (unpaired) electrons. The summed E-state index contributed by atoms with van der Waals surface area (Å²) in [6.07, 6.45) is -3.01. The Morgan fingerprint density at radius 1 is 0.979 bits per heavy atom. The van der Waals surface area contributed by atoms with Gasteiger partial charge in [-0.15, -0.1) is 0 Å². The van der Waals surface area contributed by atoms with Gasteiger partial charge in [0.15, 0.2) is 11.6 Å². The number of ketones is 1. The number of anilines is 1. The second-order valence-corrected chi connectivity index (χ2v) is 11.7. The van der Waals surface area contributed by atoms with E-state index in [2.05, 4.69) is 15.3 Å². The summed E-state index contributed by atoms with van der Waals surface area (Å²) in [7, 11) is 0. The maximum atomic E-state index is 15.5. The quantitative estimate of drug-likeness (QED) is 0.143. The molecule has 1 saturated heterocycles. The number of carbonyl (C=O) groups excluding carboxylic acids is 3. The highest BCUT2D eigenvalue weighted by atomic mass is 35.5. The summed E-state index contributed by atoms with van der Waals surface area (Å²) in [6, 6.07) is 14.5. The summed E-state index contributed by atoms with van der Waals surface area (Å²) >= 11 is 6.24. The summed E-state index contributed by atoms with van der Waals surface area (Å²) in [5, 5.41) is 3.22. The van der Waals surface area contributed by atoms with Crippen LogP contribution in [-0.4, -0.2) is 55.8 Å². The number of benzene rings is 3. The number of carbonyl (C=O) groups is 3. The van der Waals surface area contributed by atoms with E-state index in [1.54, 1.807) is 42.5 Å². The molecular weight excluding hydrogens is 657 g/mol. The van der Waals surface area contributed by atoms with Crippen molar-refractivity contribution in [3.8, 4) is 22.3 Å². The van der Waals surface area contributed by atoms with E-state index < -0.39 is 41.8 Å². The van der Waals surface area contributed by atoms with E-state index in [-0.39, 0.29) is 47.7 Å². The van der Waals surface area contributed by atoms with E-state index in [0.717, 1.165) is 17.3 Å². The molecule has 1 N–H and O–H groups in total. The van der Waals surface area contributed by atoms with E-state index >= 15 is 4.39 Å². The number of fused-ring (bicyclic) bond motifs is 1. The van der Waals surface area contributed by atoms with E-state index in [4.69, 9.17) is 11.6 Å². The number of aromatic nitrogens is 3. The van der Waals surface area contributed by atoms with Crippen LogP contribution < -0.4 is 5.32 Å². The Labute approximate surface area is 275 Å². The largest absolute Gasteiger partial charge is 0.451 e. The van der Waals surface area contributed by atoms with Crippen LogP contribution in [0.4, 0.5) is 27.6 Å². The summed E-state index contributed by atoms with van der Waals surface area (Å²) < 4.78 is 70.5. The monoisotopic (exact) mass is 681 g/mol. The predicted octanol–water partition coefficient (Wildman–Crippen LogP) is 7.36. The predicted molar refractivity (Wildman–Crippen MR) is 168 cm³/mol. The first-order valence-electron chi connectivity index (χ1n) is 14.6. The molecule has 1 aliphatic heterocycles. The number of halogens is 6. The minimum Gasteiger partial charge on any atom is -0.337 e. The van der Waals surface area contributed by atoms with Gasteiger partial charge in [-0.25, -0.2) is 18.7 Å². The Kier molecular flexibility index (Phi) is 8.73. The van der Waals surface area contributed by atoms with Gasteiger partial charge in [0.05, 0.1) is 12.2 Å². The van der Waals surface area contributed by atoms with Gasteiger partial charge in [-0.1, -0.05) is 48.0 Å². The van der Waals surface area contributed by atoms with Crippen LogP contribution in [0.15, 0.2) is 79.3 Å². The third-order valence-electron chi connectivity index (χ3n) is 8.10. The number of rotatable bonds is 7. The number of nitrogens with zero attached hydrogens (tertiary/aromatic N) is 4. The van der Waals surface area contributed by atoms with Crippen LogP contribution in [0.3, 0.4) is 0 Å². The summed E-state index contributed by atoms with van der Waals surface area (Å²) in [6.45, 7) is 0.596. The van der Waals surface area contributed by atoms with Crippen molar-refractivity contribution in [1.29, 1.82) is 0 Å². The zero-order chi connectivity index (χ0) is 34.3. The van der Waals surface area contributed by atoms with Gasteiger partial charge >= 0.3 is 6.18 Å². The fourth-order valence-electron chi connectivity index (χ4n) is 5.79. The molecule has 2 atom stereocenters. The van der Waals surface area contributed by atoms with Crippen molar-refractivity contribution in [2.24, 2.45) is 0 Å². The van der Waals surface area contributed by atoms with Gasteiger partial charge in [-0.05, 0) is 36.8 Å². The van der Waals surface area contributed by atoms with Crippen molar-refractivity contribution in [3.05, 3.63) is 101 Å². The lowest BCUT2D eigenvalue weighted by atomic mass is 10.0. The van der Waals surface area contributed by atoms with Crippen molar-refractivity contribution in [2.75, 3.05) is 11.9 Å². The van der Waals surface area contributed by atoms with Crippen molar-refractivity contribution < 1.29 is 36.3 Å². The van der Waals surface area contributed by atoms with E-state index in [1.165, 1.54) is 35.9 Å². The molecule has 3 aromatic carbocycles. The van der Waals surface area contributed by atoms with Gasteiger partial charge in [0.25, 0.3) is 0 Å². The molecule has 0 saturated carbocycles. The average Bonchev–Trinajstić information content (AvgIpc) is 3.62. The van der Waals surface area contributed by atoms with Crippen molar-refractivity contribution >= 4 is 45.8 Å². The Balaban J connectivity index is 1.24. The number of alkyl halides is 4. The van der Waals surface area contributed by atoms with Crippen LogP contribution >= 0.6 is 11.6 Å². The number of hydrogen-bond acceptors (Lipinski definition) is 5. The Morgan fingerprint density at radius 3 is 2.38 bits per heavy atom. The van der Waals surface area contributed by atoms with E-state index in [9.17, 15) is 31.9 Å². The molecule has 5 aromatic rings. The Hall–Kier alpha value is -5.17. The van der Waals surface area contributed by atoms with E-state index in [0.29, 0.717) is 27.1 Å². The standard InChI is InChI=1S/C34H25ClF5N5O3/c1-18(46)25-16-44(28-10-9-19(11-24(25)28)20-13-41-33(42-14-20)34(38,39)40)17-30(47)45-15-21(36)12-29(45)32(48)43-27-8-4-6-23(31(27)37)22-5-2-3-7-26(22)35/h2-11,13-14,16,21,29H,12,15,17H2,1H3,(H,43,48)/t21?,29-/m0/s1. The van der Waals surface area contributed by atoms with Gasteiger partial charge in [0.1, 0.15) is 18.8 Å². The smallest absolute Gasteiger partial charge is 0.337 e. The SMILES string of the molecule is CC(=O)c1cn(CC(=O)N2CC(F)C[C@H]2C(=O)Nc2cccc(-c3ccccc3Cl)c2F)c2ccc(-c3cnc(C(F)(F)F)nc3)cc12. The molecule has 48 heavy (non-hydrogen) atoms. The maximum Gasteiger partial charge on any atom is 0.451 e. The van der Waals surface area contributed by atoms with Crippen LogP contribution in [-0.2, 0) is 22.3 Å². The van der Waals surface area contributed by atoms with Crippen molar-refractivity contribution in [3.63, 3.8) is 0 Å². The van der Waals surface area contributed by atoms with Gasteiger partial charge in [-0.3, -0.25) is 14.4 Å². The van der Waals surface area contributed by atoms with Gasteiger partial charge in [-0.2, -0.15) is 13.2 Å². The van der Waals surface area contributed by atoms with Gasteiger partial charge in [0, 0.05) is 63.2 Å². The van der Waals surface area contributed by atoms with Crippen LogP contribution in [0.5, 0.6) is 0 Å². The molecule has 1 fully saturated rings. The first-order chi connectivity index (χ1) is 22.8. The Bertz CT molecular complexity index is 2070. The number of hydrogen-bond donors (Lipinski definition) is 1. The summed E-state index contributed by atoms with van der Waals surface area (Å²) in [4.78, 5) is 47.3. The molecule has 246 valence electrons. The highest BCUT2D eigenvalue weighted by molar-refractivity contribution is 6.33. The second kappa shape index (κ2) is 12.8. The molecular formula is C34H25ClF5N5O3. The lowest BCUT2D eigenvalue weighted by molar-refractivity contribution is -0.145. The first kappa shape index (κ1) is 32.8. The number of Topliss-reactive ketones (excluding diaryl/α,β-unsaturated/α-hetero) is 1.